The van der Waals surface area contributed by atoms with E-state index in [1.54, 1.807) is 0 Å². The van der Waals surface area contributed by atoms with E-state index in [2.05, 4.69) is 97.1 Å². The minimum atomic E-state index is 0.593. The molecule has 0 radical (unpaired) electrons. The van der Waals surface area contributed by atoms with Gasteiger partial charge in [-0.25, -0.2) is 15.0 Å². The quantitative estimate of drug-likeness (QED) is 0.180. The average molecular weight is 692 g/mol. The lowest BCUT2D eigenvalue weighted by atomic mass is 9.93. The molecule has 0 saturated carbocycles. The molecule has 0 unspecified atom stereocenters. The zero-order valence-corrected chi connectivity index (χ0v) is 28.9. The van der Waals surface area contributed by atoms with Gasteiger partial charge in [-0.05, 0) is 64.0 Å². The molecule has 0 aliphatic heterocycles. The van der Waals surface area contributed by atoms with E-state index in [0.717, 1.165) is 82.5 Å². The van der Waals surface area contributed by atoms with Gasteiger partial charge in [0.25, 0.3) is 0 Å². The minimum absolute atomic E-state index is 0.593. The topological polar surface area (TPSA) is 65.0 Å². The Morgan fingerprint density at radius 1 is 0.315 bits per heavy atom. The maximum Gasteiger partial charge on any atom is 0.164 e. The molecule has 0 fully saturated rings. The van der Waals surface area contributed by atoms with Gasteiger partial charge >= 0.3 is 0 Å². The van der Waals surface area contributed by atoms with Gasteiger partial charge in [0, 0.05) is 43.6 Å². The standard InChI is InChI=1S/C49H29N3O2/c1-3-12-30(13-4-1)34-26-27-36-35(28-34)29-40(45-38-17-8-10-20-42(38)54-46(36)45)31-22-24-33(25-23-31)48-50-47(32-14-5-2-6-15-32)51-49(52-48)39-18-11-21-43-44(39)37-16-7-9-19-41(37)53-43/h1-29H. The molecule has 3 heterocycles. The number of furan rings is 2. The Morgan fingerprint density at radius 2 is 0.870 bits per heavy atom. The van der Waals surface area contributed by atoms with Gasteiger partial charge in [0.15, 0.2) is 17.5 Å². The molecule has 0 N–H and O–H groups in total. The molecule has 0 atom stereocenters. The molecule has 11 rings (SSSR count). The summed E-state index contributed by atoms with van der Waals surface area (Å²) in [6, 6.07) is 60.4. The molecule has 0 spiro atoms. The number of benzene rings is 8. The molecule has 54 heavy (non-hydrogen) atoms. The first-order valence-corrected chi connectivity index (χ1v) is 18.0. The Kier molecular flexibility index (Phi) is 6.79. The monoisotopic (exact) mass is 691 g/mol. The lowest BCUT2D eigenvalue weighted by Crippen LogP contribution is -2.00. The minimum Gasteiger partial charge on any atom is -0.456 e. The van der Waals surface area contributed by atoms with Crippen LogP contribution in [0.2, 0.25) is 0 Å². The molecule has 0 saturated heterocycles. The van der Waals surface area contributed by atoms with E-state index in [-0.39, 0.29) is 0 Å². The fourth-order valence-corrected chi connectivity index (χ4v) is 7.76. The van der Waals surface area contributed by atoms with Crippen molar-refractivity contribution in [2.75, 3.05) is 0 Å². The molecule has 3 aromatic heterocycles. The van der Waals surface area contributed by atoms with Crippen LogP contribution in [0.5, 0.6) is 0 Å². The van der Waals surface area contributed by atoms with E-state index >= 15 is 0 Å². The molecular formula is C49H29N3O2. The van der Waals surface area contributed by atoms with Crippen molar-refractivity contribution in [3.8, 4) is 56.4 Å². The van der Waals surface area contributed by atoms with Gasteiger partial charge in [-0.3, -0.25) is 0 Å². The van der Waals surface area contributed by atoms with Crippen molar-refractivity contribution in [2.24, 2.45) is 0 Å². The molecule has 0 bridgehead atoms. The highest BCUT2D eigenvalue weighted by Crippen LogP contribution is 2.43. The predicted octanol–water partition coefficient (Wildman–Crippen LogP) is 13.2. The highest BCUT2D eigenvalue weighted by atomic mass is 16.3. The Labute approximate surface area is 309 Å². The fourth-order valence-electron chi connectivity index (χ4n) is 7.76. The van der Waals surface area contributed by atoms with Crippen LogP contribution < -0.4 is 0 Å². The lowest BCUT2D eigenvalue weighted by molar-refractivity contribution is 0.669. The fraction of sp³-hybridized carbons (Fsp3) is 0. The van der Waals surface area contributed by atoms with Crippen molar-refractivity contribution in [2.45, 2.75) is 0 Å². The first-order chi connectivity index (χ1) is 26.7. The van der Waals surface area contributed by atoms with Gasteiger partial charge in [-0.1, -0.05) is 140 Å². The van der Waals surface area contributed by atoms with Crippen LogP contribution in [0.1, 0.15) is 0 Å². The third-order valence-electron chi connectivity index (χ3n) is 10.3. The largest absolute Gasteiger partial charge is 0.456 e. The zero-order valence-electron chi connectivity index (χ0n) is 28.9. The van der Waals surface area contributed by atoms with Gasteiger partial charge < -0.3 is 8.83 Å². The second kappa shape index (κ2) is 12.1. The summed E-state index contributed by atoms with van der Waals surface area (Å²) in [5, 5.41) is 6.43. The molecule has 0 aliphatic carbocycles. The lowest BCUT2D eigenvalue weighted by Gasteiger charge is -2.11. The second-order valence-corrected chi connectivity index (χ2v) is 13.6. The number of fused-ring (bicyclic) bond motifs is 8. The van der Waals surface area contributed by atoms with E-state index in [1.165, 1.54) is 11.1 Å². The Bertz CT molecular complexity index is 3200. The van der Waals surface area contributed by atoms with Gasteiger partial charge in [0.1, 0.15) is 22.3 Å². The number of hydrogen-bond donors (Lipinski definition) is 0. The van der Waals surface area contributed by atoms with Crippen LogP contribution in [0, 0.1) is 0 Å². The zero-order chi connectivity index (χ0) is 35.6. The summed E-state index contributed by atoms with van der Waals surface area (Å²) in [5.74, 6) is 1.80. The third kappa shape index (κ3) is 4.90. The summed E-state index contributed by atoms with van der Waals surface area (Å²) >= 11 is 0. The summed E-state index contributed by atoms with van der Waals surface area (Å²) in [4.78, 5) is 15.2. The van der Waals surface area contributed by atoms with Crippen LogP contribution in [0.3, 0.4) is 0 Å². The van der Waals surface area contributed by atoms with Gasteiger partial charge in [-0.15, -0.1) is 0 Å². The number of aromatic nitrogens is 3. The maximum absolute atomic E-state index is 6.59. The summed E-state index contributed by atoms with van der Waals surface area (Å²) in [7, 11) is 0. The van der Waals surface area contributed by atoms with Crippen molar-refractivity contribution in [3.63, 3.8) is 0 Å². The summed E-state index contributed by atoms with van der Waals surface area (Å²) in [6.45, 7) is 0. The van der Waals surface area contributed by atoms with E-state index in [9.17, 15) is 0 Å². The van der Waals surface area contributed by atoms with Crippen LogP contribution in [0.25, 0.3) is 111 Å². The molecule has 252 valence electrons. The number of nitrogens with zero attached hydrogens (tertiary/aromatic N) is 3. The van der Waals surface area contributed by atoms with Crippen molar-refractivity contribution < 1.29 is 8.83 Å². The van der Waals surface area contributed by atoms with E-state index in [1.807, 2.05) is 78.9 Å². The van der Waals surface area contributed by atoms with Crippen LogP contribution in [-0.4, -0.2) is 15.0 Å². The van der Waals surface area contributed by atoms with Crippen LogP contribution in [-0.2, 0) is 0 Å². The Balaban J connectivity index is 1.08. The van der Waals surface area contributed by atoms with Crippen molar-refractivity contribution in [1.82, 2.24) is 15.0 Å². The first kappa shape index (κ1) is 30.3. The summed E-state index contributed by atoms with van der Waals surface area (Å²) in [5.41, 5.74) is 10.6. The normalized spacial score (nSPS) is 11.7. The summed E-state index contributed by atoms with van der Waals surface area (Å²) in [6.07, 6.45) is 0. The third-order valence-corrected chi connectivity index (χ3v) is 10.3. The maximum atomic E-state index is 6.59. The number of para-hydroxylation sites is 2. The number of hydrogen-bond acceptors (Lipinski definition) is 5. The smallest absolute Gasteiger partial charge is 0.164 e. The van der Waals surface area contributed by atoms with Crippen molar-refractivity contribution in [1.29, 1.82) is 0 Å². The van der Waals surface area contributed by atoms with Crippen LogP contribution >= 0.6 is 0 Å². The molecule has 11 aromatic rings. The van der Waals surface area contributed by atoms with E-state index < -0.39 is 0 Å². The SMILES string of the molecule is c1ccc(-c2ccc3c(c2)cc(-c2ccc(-c4nc(-c5ccccc5)nc(-c5cccc6oc7ccccc7c56)n4)cc2)c2c4ccccc4oc32)cc1. The molecule has 5 heteroatoms. The highest BCUT2D eigenvalue weighted by Gasteiger charge is 2.20. The molecule has 0 aliphatic rings. The predicted molar refractivity (Wildman–Crippen MR) is 219 cm³/mol. The molecule has 0 amide bonds. The van der Waals surface area contributed by atoms with E-state index in [4.69, 9.17) is 23.8 Å². The van der Waals surface area contributed by atoms with Gasteiger partial charge in [0.2, 0.25) is 0 Å². The van der Waals surface area contributed by atoms with E-state index in [0.29, 0.717) is 17.5 Å². The highest BCUT2D eigenvalue weighted by molar-refractivity contribution is 6.21. The molecule has 8 aromatic carbocycles. The number of rotatable bonds is 5. The molecule has 5 nitrogen and oxygen atoms in total. The average Bonchev–Trinajstić information content (AvgIpc) is 3.83. The Morgan fingerprint density at radius 3 is 1.61 bits per heavy atom. The first-order valence-electron chi connectivity index (χ1n) is 18.0. The van der Waals surface area contributed by atoms with Gasteiger partial charge in [0.05, 0.1) is 0 Å². The van der Waals surface area contributed by atoms with Crippen molar-refractivity contribution in [3.05, 3.63) is 176 Å². The molecular weight excluding hydrogens is 663 g/mol. The Hall–Kier alpha value is -7.37. The van der Waals surface area contributed by atoms with Gasteiger partial charge in [-0.2, -0.15) is 0 Å². The second-order valence-electron chi connectivity index (χ2n) is 13.6. The van der Waals surface area contributed by atoms with Crippen LogP contribution in [0.4, 0.5) is 0 Å². The van der Waals surface area contributed by atoms with Crippen LogP contribution in [0.15, 0.2) is 185 Å². The summed E-state index contributed by atoms with van der Waals surface area (Å²) < 4.78 is 12.8. The van der Waals surface area contributed by atoms with Crippen molar-refractivity contribution >= 4 is 54.6 Å².